The fourth-order valence-electron chi connectivity index (χ4n) is 3.75. The average molecular weight is 442 g/mol. The van der Waals surface area contributed by atoms with Crippen molar-refractivity contribution >= 4 is 21.7 Å². The first-order valence-corrected chi connectivity index (χ1v) is 11.5. The van der Waals surface area contributed by atoms with Gasteiger partial charge in [0.1, 0.15) is 11.9 Å². The van der Waals surface area contributed by atoms with E-state index in [0.29, 0.717) is 69.4 Å². The highest BCUT2D eigenvalue weighted by Crippen LogP contribution is 2.21. The standard InChI is InChI=1S/C21H23N5O4S/c22-16-18-2-1-7-23-20(18)24-8-10-25(11-9-24)21(27)17-3-5-19(6-4-17)31(28,29)26-12-14-30-15-13-26/h1-7H,8-15H2. The van der Waals surface area contributed by atoms with Crippen molar-refractivity contribution in [2.75, 3.05) is 57.4 Å². The number of morpholine rings is 1. The maximum Gasteiger partial charge on any atom is 0.253 e. The fraction of sp³-hybridized carbons (Fsp3) is 0.381. The molecule has 0 radical (unpaired) electrons. The molecular formula is C21H23N5O4S. The number of carbonyl (C=O) groups is 1. The molecule has 2 saturated heterocycles. The lowest BCUT2D eigenvalue weighted by molar-refractivity contribution is 0.0730. The summed E-state index contributed by atoms with van der Waals surface area (Å²) in [5.41, 5.74) is 0.962. The fourth-order valence-corrected chi connectivity index (χ4v) is 5.15. The Hall–Kier alpha value is -3.00. The number of nitrogens with zero attached hydrogens (tertiary/aromatic N) is 5. The molecule has 0 N–H and O–H groups in total. The zero-order chi connectivity index (χ0) is 21.8. The molecule has 0 spiro atoms. The molecule has 10 heteroatoms. The van der Waals surface area contributed by atoms with E-state index in [1.807, 2.05) is 4.90 Å². The number of hydrogen-bond acceptors (Lipinski definition) is 7. The predicted molar refractivity (Wildman–Crippen MR) is 113 cm³/mol. The number of hydrogen-bond donors (Lipinski definition) is 0. The van der Waals surface area contributed by atoms with Crippen LogP contribution in [0.4, 0.5) is 5.82 Å². The number of sulfonamides is 1. The largest absolute Gasteiger partial charge is 0.379 e. The second kappa shape index (κ2) is 9.01. The van der Waals surface area contributed by atoms with Gasteiger partial charge in [0.25, 0.3) is 5.91 Å². The Balaban J connectivity index is 1.41. The smallest absolute Gasteiger partial charge is 0.253 e. The Morgan fingerprint density at radius 2 is 1.68 bits per heavy atom. The van der Waals surface area contributed by atoms with Crippen LogP contribution in [0.1, 0.15) is 15.9 Å². The first kappa shape index (κ1) is 21.2. The highest BCUT2D eigenvalue weighted by atomic mass is 32.2. The van der Waals surface area contributed by atoms with E-state index in [0.717, 1.165) is 0 Å². The summed E-state index contributed by atoms with van der Waals surface area (Å²) < 4.78 is 32.1. The summed E-state index contributed by atoms with van der Waals surface area (Å²) in [5, 5.41) is 9.27. The van der Waals surface area contributed by atoms with E-state index in [2.05, 4.69) is 11.1 Å². The minimum atomic E-state index is -3.59. The number of rotatable bonds is 4. The van der Waals surface area contributed by atoms with Crippen molar-refractivity contribution in [2.24, 2.45) is 0 Å². The minimum Gasteiger partial charge on any atom is -0.379 e. The average Bonchev–Trinajstić information content (AvgIpc) is 2.84. The zero-order valence-electron chi connectivity index (χ0n) is 17.0. The summed E-state index contributed by atoms with van der Waals surface area (Å²) in [6.45, 7) is 3.56. The molecule has 3 heterocycles. The molecule has 2 fully saturated rings. The maximum atomic E-state index is 12.9. The third-order valence-electron chi connectivity index (χ3n) is 5.48. The normalized spacial score (nSPS) is 17.9. The molecule has 0 aliphatic carbocycles. The van der Waals surface area contributed by atoms with Gasteiger partial charge in [0.15, 0.2) is 0 Å². The summed E-state index contributed by atoms with van der Waals surface area (Å²) in [4.78, 5) is 21.1. The van der Waals surface area contributed by atoms with E-state index in [-0.39, 0.29) is 10.8 Å². The molecule has 1 aromatic heterocycles. The van der Waals surface area contributed by atoms with Crippen molar-refractivity contribution in [3.05, 3.63) is 53.7 Å². The van der Waals surface area contributed by atoms with Gasteiger partial charge in [0, 0.05) is 51.0 Å². The Labute approximate surface area is 181 Å². The number of pyridine rings is 1. The Kier molecular flexibility index (Phi) is 6.18. The van der Waals surface area contributed by atoms with E-state index in [9.17, 15) is 18.5 Å². The van der Waals surface area contributed by atoms with E-state index in [1.165, 1.54) is 16.4 Å². The van der Waals surface area contributed by atoms with Crippen LogP contribution in [0.5, 0.6) is 0 Å². The molecule has 2 aromatic rings. The van der Waals surface area contributed by atoms with Crippen molar-refractivity contribution in [3.63, 3.8) is 0 Å². The van der Waals surface area contributed by atoms with E-state index in [4.69, 9.17) is 4.74 Å². The summed E-state index contributed by atoms with van der Waals surface area (Å²) >= 11 is 0. The van der Waals surface area contributed by atoms with Crippen molar-refractivity contribution in [1.29, 1.82) is 5.26 Å². The van der Waals surface area contributed by atoms with Crippen LogP contribution in [0.3, 0.4) is 0 Å². The highest BCUT2D eigenvalue weighted by molar-refractivity contribution is 7.89. The predicted octanol–water partition coefficient (Wildman–Crippen LogP) is 0.937. The molecule has 2 aliphatic rings. The number of nitriles is 1. The van der Waals surface area contributed by atoms with E-state index < -0.39 is 10.0 Å². The van der Waals surface area contributed by atoms with Gasteiger partial charge >= 0.3 is 0 Å². The SMILES string of the molecule is N#Cc1cccnc1N1CCN(C(=O)c2ccc(S(=O)(=O)N3CCOCC3)cc2)CC1. The van der Waals surface area contributed by atoms with Crippen LogP contribution < -0.4 is 4.90 Å². The Bertz CT molecular complexity index is 1080. The van der Waals surface area contributed by atoms with Crippen LogP contribution >= 0.6 is 0 Å². The van der Waals surface area contributed by atoms with Crippen LogP contribution in [0.2, 0.25) is 0 Å². The summed E-state index contributed by atoms with van der Waals surface area (Å²) in [6.07, 6.45) is 1.65. The topological polar surface area (TPSA) is 107 Å². The number of benzene rings is 1. The molecule has 0 unspecified atom stereocenters. The quantitative estimate of drug-likeness (QED) is 0.695. The molecule has 0 bridgehead atoms. The number of anilines is 1. The van der Waals surface area contributed by atoms with Gasteiger partial charge in [-0.2, -0.15) is 9.57 Å². The zero-order valence-corrected chi connectivity index (χ0v) is 17.8. The lowest BCUT2D eigenvalue weighted by Crippen LogP contribution is -2.49. The third kappa shape index (κ3) is 4.39. The molecule has 162 valence electrons. The summed E-state index contributed by atoms with van der Waals surface area (Å²) in [5.74, 6) is 0.492. The maximum absolute atomic E-state index is 12.9. The number of aromatic nitrogens is 1. The Morgan fingerprint density at radius 1 is 1.00 bits per heavy atom. The summed E-state index contributed by atoms with van der Waals surface area (Å²) in [6, 6.07) is 11.7. The van der Waals surface area contributed by atoms with Crippen LogP contribution in [0.25, 0.3) is 0 Å². The van der Waals surface area contributed by atoms with Gasteiger partial charge in [-0.3, -0.25) is 4.79 Å². The molecule has 1 amide bonds. The van der Waals surface area contributed by atoms with Crippen molar-refractivity contribution in [3.8, 4) is 6.07 Å². The monoisotopic (exact) mass is 441 g/mol. The number of piperazine rings is 1. The van der Waals surface area contributed by atoms with Crippen LogP contribution in [0.15, 0.2) is 47.5 Å². The van der Waals surface area contributed by atoms with Gasteiger partial charge in [-0.05, 0) is 36.4 Å². The van der Waals surface area contributed by atoms with Gasteiger partial charge in [-0.25, -0.2) is 13.4 Å². The molecule has 0 saturated carbocycles. The molecule has 4 rings (SSSR count). The molecule has 2 aliphatic heterocycles. The van der Waals surface area contributed by atoms with Crippen LogP contribution in [-0.4, -0.2) is 81.0 Å². The Morgan fingerprint density at radius 3 is 2.32 bits per heavy atom. The van der Waals surface area contributed by atoms with Crippen LogP contribution in [-0.2, 0) is 14.8 Å². The first-order chi connectivity index (χ1) is 15.0. The van der Waals surface area contributed by atoms with Crippen molar-refractivity contribution < 1.29 is 17.9 Å². The van der Waals surface area contributed by atoms with E-state index in [1.54, 1.807) is 35.4 Å². The van der Waals surface area contributed by atoms with Gasteiger partial charge in [0.05, 0.1) is 23.7 Å². The van der Waals surface area contributed by atoms with Crippen molar-refractivity contribution in [1.82, 2.24) is 14.2 Å². The lowest BCUT2D eigenvalue weighted by atomic mass is 10.1. The molecule has 9 nitrogen and oxygen atoms in total. The van der Waals surface area contributed by atoms with Crippen LogP contribution in [0, 0.1) is 11.3 Å². The first-order valence-electron chi connectivity index (χ1n) is 10.1. The third-order valence-corrected chi connectivity index (χ3v) is 7.40. The second-order valence-electron chi connectivity index (χ2n) is 7.31. The molecule has 0 atom stereocenters. The molecule has 31 heavy (non-hydrogen) atoms. The highest BCUT2D eigenvalue weighted by Gasteiger charge is 2.27. The number of ether oxygens (including phenoxy) is 1. The van der Waals surface area contributed by atoms with Gasteiger partial charge in [0.2, 0.25) is 10.0 Å². The van der Waals surface area contributed by atoms with Gasteiger partial charge in [-0.15, -0.1) is 0 Å². The number of amides is 1. The lowest BCUT2D eigenvalue weighted by Gasteiger charge is -2.35. The molecular weight excluding hydrogens is 418 g/mol. The minimum absolute atomic E-state index is 0.142. The van der Waals surface area contributed by atoms with Gasteiger partial charge in [-0.1, -0.05) is 0 Å². The second-order valence-corrected chi connectivity index (χ2v) is 9.24. The summed E-state index contributed by atoms with van der Waals surface area (Å²) in [7, 11) is -3.59. The van der Waals surface area contributed by atoms with Crippen molar-refractivity contribution in [2.45, 2.75) is 4.90 Å². The van der Waals surface area contributed by atoms with Gasteiger partial charge < -0.3 is 14.5 Å². The molecule has 1 aromatic carbocycles. The van der Waals surface area contributed by atoms with E-state index >= 15 is 0 Å². The number of carbonyl (C=O) groups excluding carboxylic acids is 1.